The summed E-state index contributed by atoms with van der Waals surface area (Å²) in [5, 5.41) is 4.19. The van der Waals surface area contributed by atoms with Gasteiger partial charge in [0.1, 0.15) is 11.2 Å². The van der Waals surface area contributed by atoms with Crippen LogP contribution < -0.4 is 0 Å². The fraction of sp³-hybridized carbons (Fsp3) is 0.0465. The zero-order valence-corrected chi connectivity index (χ0v) is 25.6. The lowest BCUT2D eigenvalue weighted by Crippen LogP contribution is -2.04. The van der Waals surface area contributed by atoms with Crippen molar-refractivity contribution in [3.63, 3.8) is 0 Å². The van der Waals surface area contributed by atoms with E-state index in [0.29, 0.717) is 17.5 Å². The number of benzene rings is 6. The van der Waals surface area contributed by atoms with E-state index in [4.69, 9.17) is 19.4 Å². The maximum atomic E-state index is 6.64. The Balaban J connectivity index is 1.29. The predicted octanol–water partition coefficient (Wildman–Crippen LogP) is 11.3. The van der Waals surface area contributed by atoms with Crippen LogP contribution in [0, 0.1) is 0 Å². The SMILES string of the molecule is C1=CCCC(c2nc(-c3ccc(-c4ccccc4)cc3)nc(-c3cc4ccccc4c4oc5ccc(-c6ccccc6)cc5c34)n2)=C1. The second-order valence-electron chi connectivity index (χ2n) is 11.9. The van der Waals surface area contributed by atoms with Gasteiger partial charge in [-0.1, -0.05) is 133 Å². The Labute approximate surface area is 272 Å². The third-order valence-electron chi connectivity index (χ3n) is 9.00. The largest absolute Gasteiger partial charge is 0.455 e. The van der Waals surface area contributed by atoms with Gasteiger partial charge in [-0.2, -0.15) is 0 Å². The molecular weight excluding hydrogens is 574 g/mol. The second-order valence-corrected chi connectivity index (χ2v) is 11.9. The van der Waals surface area contributed by atoms with E-state index in [9.17, 15) is 0 Å². The molecule has 0 unspecified atom stereocenters. The highest BCUT2D eigenvalue weighted by Crippen LogP contribution is 2.42. The van der Waals surface area contributed by atoms with Gasteiger partial charge in [0.15, 0.2) is 17.5 Å². The third-order valence-corrected chi connectivity index (χ3v) is 9.00. The van der Waals surface area contributed by atoms with Crippen molar-refractivity contribution in [1.82, 2.24) is 15.0 Å². The van der Waals surface area contributed by atoms with Gasteiger partial charge in [0, 0.05) is 27.3 Å². The van der Waals surface area contributed by atoms with E-state index in [1.54, 1.807) is 0 Å². The van der Waals surface area contributed by atoms with Crippen molar-refractivity contribution in [3.8, 4) is 45.0 Å². The maximum Gasteiger partial charge on any atom is 0.164 e. The highest BCUT2D eigenvalue weighted by molar-refractivity contribution is 6.21. The smallest absolute Gasteiger partial charge is 0.164 e. The topological polar surface area (TPSA) is 51.8 Å². The van der Waals surface area contributed by atoms with Crippen LogP contribution in [0.15, 0.2) is 156 Å². The van der Waals surface area contributed by atoms with Gasteiger partial charge in [-0.15, -0.1) is 0 Å². The molecule has 0 atom stereocenters. The van der Waals surface area contributed by atoms with Crippen LogP contribution in [-0.4, -0.2) is 15.0 Å². The Morgan fingerprint density at radius 1 is 0.511 bits per heavy atom. The molecule has 1 aliphatic rings. The van der Waals surface area contributed by atoms with E-state index >= 15 is 0 Å². The summed E-state index contributed by atoms with van der Waals surface area (Å²) in [6.07, 6.45) is 8.25. The van der Waals surface area contributed by atoms with Gasteiger partial charge in [-0.25, -0.2) is 15.0 Å². The number of hydrogen-bond donors (Lipinski definition) is 0. The van der Waals surface area contributed by atoms with Crippen LogP contribution in [0.1, 0.15) is 18.7 Å². The highest BCUT2D eigenvalue weighted by atomic mass is 16.3. The van der Waals surface area contributed by atoms with E-state index in [2.05, 4.69) is 140 Å². The minimum absolute atomic E-state index is 0.635. The van der Waals surface area contributed by atoms with Crippen LogP contribution in [-0.2, 0) is 0 Å². The van der Waals surface area contributed by atoms with E-state index in [-0.39, 0.29) is 0 Å². The Bertz CT molecular complexity index is 2490. The predicted molar refractivity (Wildman–Crippen MR) is 193 cm³/mol. The molecule has 2 aromatic heterocycles. The van der Waals surface area contributed by atoms with Crippen LogP contribution >= 0.6 is 0 Å². The number of allylic oxidation sites excluding steroid dienone is 4. The van der Waals surface area contributed by atoms with Gasteiger partial charge in [0.05, 0.1) is 0 Å². The molecule has 0 radical (unpaired) electrons. The van der Waals surface area contributed by atoms with Crippen molar-refractivity contribution < 1.29 is 4.42 Å². The van der Waals surface area contributed by atoms with E-state index in [1.165, 1.54) is 5.56 Å². The highest BCUT2D eigenvalue weighted by Gasteiger charge is 2.21. The first kappa shape index (κ1) is 27.2. The summed E-state index contributed by atoms with van der Waals surface area (Å²) in [5.74, 6) is 2.00. The molecular formula is C43H29N3O. The van der Waals surface area contributed by atoms with Crippen LogP contribution in [0.4, 0.5) is 0 Å². The Hall–Kier alpha value is -6.13. The molecule has 0 fully saturated rings. The zero-order chi connectivity index (χ0) is 31.2. The first-order chi connectivity index (χ1) is 23.3. The average molecular weight is 604 g/mol. The first-order valence-corrected chi connectivity index (χ1v) is 16.0. The molecule has 0 saturated heterocycles. The Morgan fingerprint density at radius 2 is 1.15 bits per heavy atom. The summed E-state index contributed by atoms with van der Waals surface area (Å²) in [5.41, 5.74) is 9.29. The molecule has 2 heterocycles. The van der Waals surface area contributed by atoms with Gasteiger partial charge in [0.25, 0.3) is 0 Å². The minimum atomic E-state index is 0.635. The number of rotatable bonds is 5. The van der Waals surface area contributed by atoms with Crippen molar-refractivity contribution in [2.75, 3.05) is 0 Å². The van der Waals surface area contributed by atoms with Gasteiger partial charge >= 0.3 is 0 Å². The molecule has 1 aliphatic carbocycles. The lowest BCUT2D eigenvalue weighted by molar-refractivity contribution is 0.673. The fourth-order valence-electron chi connectivity index (χ4n) is 6.60. The van der Waals surface area contributed by atoms with Gasteiger partial charge in [0.2, 0.25) is 0 Å². The van der Waals surface area contributed by atoms with Crippen molar-refractivity contribution >= 4 is 38.3 Å². The zero-order valence-electron chi connectivity index (χ0n) is 25.6. The van der Waals surface area contributed by atoms with E-state index in [0.717, 1.165) is 78.9 Å². The molecule has 9 rings (SSSR count). The molecule has 0 bridgehead atoms. The van der Waals surface area contributed by atoms with Gasteiger partial charge < -0.3 is 4.42 Å². The quantitative estimate of drug-likeness (QED) is 0.196. The molecule has 0 spiro atoms. The van der Waals surface area contributed by atoms with Crippen molar-refractivity contribution in [2.45, 2.75) is 12.8 Å². The number of fused-ring (bicyclic) bond motifs is 5. The molecule has 6 aromatic carbocycles. The molecule has 222 valence electrons. The molecule has 47 heavy (non-hydrogen) atoms. The van der Waals surface area contributed by atoms with Crippen LogP contribution in [0.3, 0.4) is 0 Å². The van der Waals surface area contributed by atoms with E-state index in [1.807, 2.05) is 12.1 Å². The third kappa shape index (κ3) is 4.91. The number of hydrogen-bond acceptors (Lipinski definition) is 4. The molecule has 0 N–H and O–H groups in total. The van der Waals surface area contributed by atoms with Crippen molar-refractivity contribution in [1.29, 1.82) is 0 Å². The Kier molecular flexibility index (Phi) is 6.57. The lowest BCUT2D eigenvalue weighted by atomic mass is 9.97. The summed E-state index contributed by atoms with van der Waals surface area (Å²) < 4.78 is 6.64. The molecule has 4 heteroatoms. The van der Waals surface area contributed by atoms with Gasteiger partial charge in [-0.3, -0.25) is 0 Å². The molecule has 4 nitrogen and oxygen atoms in total. The van der Waals surface area contributed by atoms with Crippen LogP contribution in [0.2, 0.25) is 0 Å². The van der Waals surface area contributed by atoms with Gasteiger partial charge in [-0.05, 0) is 64.3 Å². The molecule has 0 aliphatic heterocycles. The average Bonchev–Trinajstić information content (AvgIpc) is 3.55. The monoisotopic (exact) mass is 603 g/mol. The normalized spacial score (nSPS) is 13.0. The summed E-state index contributed by atoms with van der Waals surface area (Å²) in [6.45, 7) is 0. The van der Waals surface area contributed by atoms with Crippen molar-refractivity contribution in [3.05, 3.63) is 158 Å². The minimum Gasteiger partial charge on any atom is -0.455 e. The summed E-state index contributed by atoms with van der Waals surface area (Å²) >= 11 is 0. The number of furan rings is 1. The molecule has 0 amide bonds. The summed E-state index contributed by atoms with van der Waals surface area (Å²) in [6, 6.07) is 46.4. The summed E-state index contributed by atoms with van der Waals surface area (Å²) in [7, 11) is 0. The number of aromatic nitrogens is 3. The second kappa shape index (κ2) is 11.3. The van der Waals surface area contributed by atoms with Crippen LogP contribution in [0.25, 0.3) is 83.3 Å². The molecule has 8 aromatic rings. The first-order valence-electron chi connectivity index (χ1n) is 16.0. The number of nitrogens with zero attached hydrogens (tertiary/aromatic N) is 3. The maximum absolute atomic E-state index is 6.64. The lowest BCUT2D eigenvalue weighted by Gasteiger charge is -2.13. The van der Waals surface area contributed by atoms with Crippen molar-refractivity contribution in [2.24, 2.45) is 0 Å². The Morgan fingerprint density at radius 3 is 1.91 bits per heavy atom. The molecule has 0 saturated carbocycles. The fourth-order valence-corrected chi connectivity index (χ4v) is 6.60. The summed E-state index contributed by atoms with van der Waals surface area (Å²) in [4.78, 5) is 15.4. The standard InChI is InChI=1S/C43H29N3O/c1-4-12-28(13-5-1)30-20-22-32(23-21-30)42-44-41(31-16-8-3-9-17-31)45-43(46-42)37-27-34-18-10-11-19-35(34)40-39(37)36-26-33(24-25-38(36)47-40)29-14-6-2-7-15-29/h1-8,10-16,18-27H,9,17H2. The van der Waals surface area contributed by atoms with E-state index < -0.39 is 0 Å². The van der Waals surface area contributed by atoms with Crippen LogP contribution in [0.5, 0.6) is 0 Å².